The monoisotopic (exact) mass is 419 g/mol. The molecule has 2 amide bonds. The van der Waals surface area contributed by atoms with Gasteiger partial charge in [0, 0.05) is 37.9 Å². The highest BCUT2D eigenvalue weighted by atomic mass is 16.5. The van der Waals surface area contributed by atoms with Crippen molar-refractivity contribution >= 4 is 23.2 Å². The first-order chi connectivity index (χ1) is 15.1. The molecule has 0 aliphatic carbocycles. The van der Waals surface area contributed by atoms with E-state index < -0.39 is 0 Å². The van der Waals surface area contributed by atoms with Crippen LogP contribution in [0, 0.1) is 0 Å². The fraction of sp³-hybridized carbons (Fsp3) is 0.440. The summed E-state index contributed by atoms with van der Waals surface area (Å²) in [6.07, 6.45) is 3.28. The van der Waals surface area contributed by atoms with Crippen molar-refractivity contribution in [2.24, 2.45) is 0 Å². The molecule has 31 heavy (non-hydrogen) atoms. The molecular formula is C25H29N3O3. The van der Waals surface area contributed by atoms with Crippen molar-refractivity contribution in [3.05, 3.63) is 54.1 Å². The number of rotatable bonds is 5. The zero-order chi connectivity index (χ0) is 21.4. The van der Waals surface area contributed by atoms with Crippen LogP contribution >= 0.6 is 0 Å². The lowest BCUT2D eigenvalue weighted by Gasteiger charge is -2.38. The number of carbonyl (C=O) groups is 2. The minimum atomic E-state index is -0.356. The molecule has 0 radical (unpaired) electrons. The van der Waals surface area contributed by atoms with Crippen molar-refractivity contribution < 1.29 is 14.3 Å². The summed E-state index contributed by atoms with van der Waals surface area (Å²) in [6.45, 7) is 4.05. The van der Waals surface area contributed by atoms with E-state index in [0.29, 0.717) is 13.0 Å². The SMILES string of the molecule is CN1C(=O)C2(CCN(CCOc3ccc(N4CCCC4=O)cc3)CC2)c2ccccc21. The van der Waals surface area contributed by atoms with Crippen LogP contribution in [-0.2, 0) is 15.0 Å². The third-order valence-electron chi connectivity index (χ3n) is 7.10. The van der Waals surface area contributed by atoms with Gasteiger partial charge in [-0.3, -0.25) is 14.5 Å². The molecule has 0 N–H and O–H groups in total. The third-order valence-corrected chi connectivity index (χ3v) is 7.10. The van der Waals surface area contributed by atoms with Crippen molar-refractivity contribution in [1.29, 1.82) is 0 Å². The van der Waals surface area contributed by atoms with E-state index in [-0.39, 0.29) is 17.2 Å². The summed E-state index contributed by atoms with van der Waals surface area (Å²) >= 11 is 0. The Morgan fingerprint density at radius 2 is 1.71 bits per heavy atom. The van der Waals surface area contributed by atoms with Crippen molar-refractivity contribution in [2.45, 2.75) is 31.1 Å². The molecule has 162 valence electrons. The van der Waals surface area contributed by atoms with E-state index in [2.05, 4.69) is 11.0 Å². The normalized spacial score (nSPS) is 20.5. The number of amides is 2. The fourth-order valence-electron chi connectivity index (χ4n) is 5.29. The summed E-state index contributed by atoms with van der Waals surface area (Å²) in [4.78, 5) is 31.0. The average Bonchev–Trinajstić information content (AvgIpc) is 3.32. The number of piperidine rings is 1. The quantitative estimate of drug-likeness (QED) is 0.747. The number of carbonyl (C=O) groups excluding carboxylic acids is 2. The zero-order valence-electron chi connectivity index (χ0n) is 18.0. The van der Waals surface area contributed by atoms with Crippen LogP contribution in [0.15, 0.2) is 48.5 Å². The van der Waals surface area contributed by atoms with Gasteiger partial charge in [0.1, 0.15) is 12.4 Å². The molecule has 6 heteroatoms. The van der Waals surface area contributed by atoms with Crippen LogP contribution in [-0.4, -0.2) is 56.5 Å². The maximum Gasteiger partial charge on any atom is 0.237 e. The van der Waals surface area contributed by atoms with E-state index in [0.717, 1.165) is 62.6 Å². The molecule has 2 aromatic rings. The first-order valence-corrected chi connectivity index (χ1v) is 11.2. The second kappa shape index (κ2) is 8.00. The van der Waals surface area contributed by atoms with Gasteiger partial charge < -0.3 is 14.5 Å². The summed E-state index contributed by atoms with van der Waals surface area (Å²) in [7, 11) is 1.89. The topological polar surface area (TPSA) is 53.1 Å². The van der Waals surface area contributed by atoms with Gasteiger partial charge in [-0.15, -0.1) is 0 Å². The summed E-state index contributed by atoms with van der Waals surface area (Å²) in [5.41, 5.74) is 2.84. The van der Waals surface area contributed by atoms with Crippen LogP contribution in [0.25, 0.3) is 0 Å². The number of fused-ring (bicyclic) bond motifs is 2. The molecule has 1 spiro atoms. The van der Waals surface area contributed by atoms with E-state index in [4.69, 9.17) is 4.74 Å². The van der Waals surface area contributed by atoms with E-state index >= 15 is 0 Å². The Bertz CT molecular complexity index is 980. The largest absolute Gasteiger partial charge is 0.492 e. The molecule has 0 atom stereocenters. The smallest absolute Gasteiger partial charge is 0.237 e. The molecule has 3 aliphatic rings. The zero-order valence-corrected chi connectivity index (χ0v) is 18.0. The number of anilines is 2. The molecular weight excluding hydrogens is 390 g/mol. The van der Waals surface area contributed by atoms with E-state index in [1.807, 2.05) is 59.3 Å². The van der Waals surface area contributed by atoms with Gasteiger partial charge in [-0.1, -0.05) is 18.2 Å². The molecule has 2 aromatic carbocycles. The van der Waals surface area contributed by atoms with Crippen molar-refractivity contribution in [3.63, 3.8) is 0 Å². The van der Waals surface area contributed by atoms with Gasteiger partial charge in [0.15, 0.2) is 0 Å². The number of hydrogen-bond acceptors (Lipinski definition) is 4. The van der Waals surface area contributed by atoms with Gasteiger partial charge in [0.05, 0.1) is 5.41 Å². The molecule has 0 unspecified atom stereocenters. The van der Waals surface area contributed by atoms with E-state index in [1.165, 1.54) is 5.56 Å². The second-order valence-corrected chi connectivity index (χ2v) is 8.80. The van der Waals surface area contributed by atoms with Crippen LogP contribution in [0.1, 0.15) is 31.2 Å². The fourth-order valence-corrected chi connectivity index (χ4v) is 5.29. The summed E-state index contributed by atoms with van der Waals surface area (Å²) in [6, 6.07) is 16.0. The molecule has 0 saturated carbocycles. The van der Waals surface area contributed by atoms with Gasteiger partial charge in [0.25, 0.3) is 0 Å². The number of ether oxygens (including phenoxy) is 1. The number of likely N-dealkylation sites (N-methyl/N-ethyl adjacent to an activating group) is 1. The Morgan fingerprint density at radius 3 is 2.42 bits per heavy atom. The van der Waals surface area contributed by atoms with Gasteiger partial charge in [-0.25, -0.2) is 0 Å². The van der Waals surface area contributed by atoms with Crippen LogP contribution in [0.4, 0.5) is 11.4 Å². The van der Waals surface area contributed by atoms with Gasteiger partial charge >= 0.3 is 0 Å². The minimum absolute atomic E-state index is 0.200. The molecule has 2 fully saturated rings. The highest BCUT2D eigenvalue weighted by Crippen LogP contribution is 2.47. The number of nitrogens with zero attached hydrogens (tertiary/aromatic N) is 3. The molecule has 6 nitrogen and oxygen atoms in total. The Morgan fingerprint density at radius 1 is 0.968 bits per heavy atom. The summed E-state index contributed by atoms with van der Waals surface area (Å²) in [5, 5.41) is 0. The molecule has 3 heterocycles. The van der Waals surface area contributed by atoms with Crippen molar-refractivity contribution in [2.75, 3.05) is 49.6 Å². The van der Waals surface area contributed by atoms with Crippen LogP contribution in [0.3, 0.4) is 0 Å². The lowest BCUT2D eigenvalue weighted by Crippen LogP contribution is -2.48. The van der Waals surface area contributed by atoms with E-state index in [9.17, 15) is 9.59 Å². The standard InChI is InChI=1S/C25H29N3O3/c1-26-22-6-3-2-5-21(22)25(24(26)30)12-15-27(16-13-25)17-18-31-20-10-8-19(9-11-20)28-14-4-7-23(28)29/h2-3,5-6,8-11H,4,7,12-18H2,1H3. The number of hydrogen-bond donors (Lipinski definition) is 0. The van der Waals surface area contributed by atoms with Crippen LogP contribution < -0.4 is 14.5 Å². The van der Waals surface area contributed by atoms with Crippen LogP contribution in [0.2, 0.25) is 0 Å². The minimum Gasteiger partial charge on any atom is -0.492 e. The van der Waals surface area contributed by atoms with Gasteiger partial charge in [-0.2, -0.15) is 0 Å². The van der Waals surface area contributed by atoms with Gasteiger partial charge in [-0.05, 0) is 68.2 Å². The molecule has 3 aliphatic heterocycles. The Hall–Kier alpha value is -2.86. The first kappa shape index (κ1) is 20.1. The lowest BCUT2D eigenvalue weighted by atomic mass is 9.73. The third kappa shape index (κ3) is 3.49. The summed E-state index contributed by atoms with van der Waals surface area (Å²) < 4.78 is 5.94. The van der Waals surface area contributed by atoms with Crippen molar-refractivity contribution in [3.8, 4) is 5.75 Å². The summed E-state index contributed by atoms with van der Waals surface area (Å²) in [5.74, 6) is 1.26. The Labute approximate surface area is 183 Å². The first-order valence-electron chi connectivity index (χ1n) is 11.2. The molecule has 2 saturated heterocycles. The molecule has 0 bridgehead atoms. The predicted octanol–water partition coefficient (Wildman–Crippen LogP) is 3.20. The Balaban J connectivity index is 1.14. The molecule has 0 aromatic heterocycles. The Kier molecular flexibility index (Phi) is 5.18. The maximum atomic E-state index is 13.0. The highest BCUT2D eigenvalue weighted by Gasteiger charge is 2.50. The van der Waals surface area contributed by atoms with Gasteiger partial charge in [0.2, 0.25) is 11.8 Å². The number of para-hydroxylation sites is 1. The number of benzene rings is 2. The molecule has 5 rings (SSSR count). The lowest BCUT2D eigenvalue weighted by molar-refractivity contribution is -0.124. The average molecular weight is 420 g/mol. The van der Waals surface area contributed by atoms with Crippen LogP contribution in [0.5, 0.6) is 5.75 Å². The number of likely N-dealkylation sites (tertiary alicyclic amines) is 1. The maximum absolute atomic E-state index is 13.0. The highest BCUT2D eigenvalue weighted by molar-refractivity contribution is 6.07. The van der Waals surface area contributed by atoms with Crippen molar-refractivity contribution in [1.82, 2.24) is 4.90 Å². The second-order valence-electron chi connectivity index (χ2n) is 8.80. The van der Waals surface area contributed by atoms with E-state index in [1.54, 1.807) is 0 Å². The predicted molar refractivity (Wildman–Crippen MR) is 121 cm³/mol.